The van der Waals surface area contributed by atoms with E-state index in [0.717, 1.165) is 0 Å². The molecule has 2 rings (SSSR count). The van der Waals surface area contributed by atoms with Crippen molar-refractivity contribution in [2.45, 2.75) is 17.2 Å². The van der Waals surface area contributed by atoms with Crippen LogP contribution in [0.5, 0.6) is 0 Å². The first-order chi connectivity index (χ1) is 8.22. The summed E-state index contributed by atoms with van der Waals surface area (Å²) in [5.41, 5.74) is 6.69. The van der Waals surface area contributed by atoms with E-state index >= 15 is 0 Å². The van der Waals surface area contributed by atoms with Gasteiger partial charge in [-0.15, -0.1) is 0 Å². The molecule has 5 nitrogen and oxygen atoms in total. The summed E-state index contributed by atoms with van der Waals surface area (Å²) in [6.45, 7) is 3.50. The number of rotatable bonds is 4. The molecule has 6 heteroatoms. The van der Waals surface area contributed by atoms with E-state index in [-0.39, 0.29) is 0 Å². The summed E-state index contributed by atoms with van der Waals surface area (Å²) in [6, 6.07) is 1.58. The summed E-state index contributed by atoms with van der Waals surface area (Å²) in [6.07, 6.45) is 1.57. The fraction of sp³-hybridized carbons (Fsp3) is 0.455. The highest BCUT2D eigenvalue weighted by Gasteiger charge is 2.23. The maximum Gasteiger partial charge on any atom is 0.340 e. The third-order valence-electron chi connectivity index (χ3n) is 2.33. The Morgan fingerprint density at radius 3 is 3.06 bits per heavy atom. The molecule has 92 valence electrons. The van der Waals surface area contributed by atoms with Crippen LogP contribution in [0.2, 0.25) is 0 Å². The normalized spacial score (nSPS) is 15.4. The van der Waals surface area contributed by atoms with E-state index in [1.165, 1.54) is 11.8 Å². The molecule has 0 radical (unpaired) electrons. The standard InChI is InChI=1S/C11H14N2O3S/c1-2-16-11(14)8-3-4-13-10(9(8)12)17-7-5-15-6-7/h3-4,7H,2,5-6,12H2,1H3. The van der Waals surface area contributed by atoms with E-state index in [0.29, 0.717) is 41.3 Å². The van der Waals surface area contributed by atoms with E-state index in [9.17, 15) is 4.79 Å². The molecule has 1 aromatic heterocycles. The number of ether oxygens (including phenoxy) is 2. The van der Waals surface area contributed by atoms with Crippen LogP contribution < -0.4 is 5.73 Å². The highest BCUT2D eigenvalue weighted by molar-refractivity contribution is 8.00. The van der Waals surface area contributed by atoms with Gasteiger partial charge in [-0.25, -0.2) is 9.78 Å². The largest absolute Gasteiger partial charge is 0.462 e. The van der Waals surface area contributed by atoms with Gasteiger partial charge in [-0.1, -0.05) is 11.8 Å². The first kappa shape index (κ1) is 12.2. The minimum absolute atomic E-state index is 0.333. The average molecular weight is 254 g/mol. The van der Waals surface area contributed by atoms with Crippen LogP contribution in [0.15, 0.2) is 17.3 Å². The third-order valence-corrected chi connectivity index (χ3v) is 3.49. The molecule has 1 fully saturated rings. The van der Waals surface area contributed by atoms with Crippen molar-refractivity contribution in [2.24, 2.45) is 0 Å². The summed E-state index contributed by atoms with van der Waals surface area (Å²) in [5.74, 6) is -0.404. The highest BCUT2D eigenvalue weighted by atomic mass is 32.2. The van der Waals surface area contributed by atoms with Crippen molar-refractivity contribution >= 4 is 23.4 Å². The molecule has 2 heterocycles. The maximum absolute atomic E-state index is 11.6. The van der Waals surface area contributed by atoms with Gasteiger partial charge >= 0.3 is 5.97 Å². The van der Waals surface area contributed by atoms with Crippen molar-refractivity contribution in [3.63, 3.8) is 0 Å². The van der Waals surface area contributed by atoms with Crippen molar-refractivity contribution in [1.29, 1.82) is 0 Å². The van der Waals surface area contributed by atoms with Crippen LogP contribution in [-0.2, 0) is 9.47 Å². The van der Waals surface area contributed by atoms with E-state index in [4.69, 9.17) is 15.2 Å². The summed E-state index contributed by atoms with van der Waals surface area (Å²) in [4.78, 5) is 15.8. The number of carbonyl (C=O) groups is 1. The van der Waals surface area contributed by atoms with Crippen molar-refractivity contribution in [1.82, 2.24) is 4.98 Å². The number of hydrogen-bond donors (Lipinski definition) is 1. The number of hydrogen-bond acceptors (Lipinski definition) is 6. The molecule has 0 bridgehead atoms. The summed E-state index contributed by atoms with van der Waals surface area (Å²) in [7, 11) is 0. The Labute approximate surface area is 104 Å². The Morgan fingerprint density at radius 1 is 1.71 bits per heavy atom. The lowest BCUT2D eigenvalue weighted by atomic mass is 10.2. The zero-order valence-electron chi connectivity index (χ0n) is 9.51. The molecule has 0 atom stereocenters. The number of nitrogen functional groups attached to an aromatic ring is 1. The van der Waals surface area contributed by atoms with E-state index < -0.39 is 5.97 Å². The second kappa shape index (κ2) is 5.37. The van der Waals surface area contributed by atoms with Crippen molar-refractivity contribution < 1.29 is 14.3 Å². The number of esters is 1. The van der Waals surface area contributed by atoms with Gasteiger partial charge < -0.3 is 15.2 Å². The molecule has 1 aliphatic rings. The molecule has 1 saturated heterocycles. The van der Waals surface area contributed by atoms with Gasteiger partial charge in [0, 0.05) is 6.20 Å². The lowest BCUT2D eigenvalue weighted by Crippen LogP contribution is -2.30. The minimum atomic E-state index is -0.404. The van der Waals surface area contributed by atoms with Gasteiger partial charge in [-0.3, -0.25) is 0 Å². The van der Waals surface area contributed by atoms with Crippen LogP contribution in [0.1, 0.15) is 17.3 Å². The van der Waals surface area contributed by atoms with E-state index in [2.05, 4.69) is 4.98 Å². The zero-order chi connectivity index (χ0) is 12.3. The Bertz CT molecular complexity index is 421. The molecule has 1 aromatic rings. The zero-order valence-corrected chi connectivity index (χ0v) is 10.3. The number of anilines is 1. The Morgan fingerprint density at radius 2 is 2.47 bits per heavy atom. The fourth-order valence-corrected chi connectivity index (χ4v) is 2.38. The molecule has 0 amide bonds. The molecule has 0 saturated carbocycles. The van der Waals surface area contributed by atoms with Gasteiger partial charge in [0.1, 0.15) is 5.03 Å². The number of pyridine rings is 1. The Hall–Kier alpha value is -1.27. The lowest BCUT2D eigenvalue weighted by molar-refractivity contribution is 0.0455. The maximum atomic E-state index is 11.6. The number of nitrogens with zero attached hydrogens (tertiary/aromatic N) is 1. The second-order valence-electron chi connectivity index (χ2n) is 3.58. The van der Waals surface area contributed by atoms with Gasteiger partial charge in [0.05, 0.1) is 36.3 Å². The predicted octanol–water partition coefficient (Wildman–Crippen LogP) is 1.33. The van der Waals surface area contributed by atoms with Crippen LogP contribution in [0.25, 0.3) is 0 Å². The summed E-state index contributed by atoms with van der Waals surface area (Å²) in [5, 5.41) is 1.05. The SMILES string of the molecule is CCOC(=O)c1ccnc(SC2COC2)c1N. The molecule has 1 aliphatic heterocycles. The van der Waals surface area contributed by atoms with Crippen molar-refractivity contribution in [3.05, 3.63) is 17.8 Å². The molecular formula is C11H14N2O3S. The quantitative estimate of drug-likeness (QED) is 0.817. The number of carbonyl (C=O) groups excluding carboxylic acids is 1. The highest BCUT2D eigenvalue weighted by Crippen LogP contribution is 2.32. The number of thioether (sulfide) groups is 1. The van der Waals surface area contributed by atoms with Gasteiger partial charge in [-0.2, -0.15) is 0 Å². The molecule has 0 aromatic carbocycles. The number of nitrogens with two attached hydrogens (primary N) is 1. The molecule has 0 spiro atoms. The average Bonchev–Trinajstić information content (AvgIpc) is 2.25. The topological polar surface area (TPSA) is 74.4 Å². The van der Waals surface area contributed by atoms with Gasteiger partial charge in [0.2, 0.25) is 0 Å². The smallest absolute Gasteiger partial charge is 0.340 e. The number of aromatic nitrogens is 1. The minimum Gasteiger partial charge on any atom is -0.462 e. The van der Waals surface area contributed by atoms with Crippen molar-refractivity contribution in [3.8, 4) is 0 Å². The molecule has 0 unspecified atom stereocenters. The van der Waals surface area contributed by atoms with Crippen LogP contribution in [0.3, 0.4) is 0 Å². The summed E-state index contributed by atoms with van der Waals surface area (Å²) < 4.78 is 10.0. The predicted molar refractivity (Wildman–Crippen MR) is 65.1 cm³/mol. The first-order valence-corrected chi connectivity index (χ1v) is 6.26. The third kappa shape index (κ3) is 2.70. The summed E-state index contributed by atoms with van der Waals surface area (Å²) >= 11 is 1.54. The Balaban J connectivity index is 2.16. The monoisotopic (exact) mass is 254 g/mol. The van der Waals surface area contributed by atoms with E-state index in [1.54, 1.807) is 19.2 Å². The van der Waals surface area contributed by atoms with Crippen LogP contribution >= 0.6 is 11.8 Å². The van der Waals surface area contributed by atoms with Crippen LogP contribution in [0.4, 0.5) is 5.69 Å². The van der Waals surface area contributed by atoms with Crippen LogP contribution in [-0.4, -0.2) is 36.0 Å². The van der Waals surface area contributed by atoms with E-state index in [1.807, 2.05) is 0 Å². The fourth-order valence-electron chi connectivity index (χ4n) is 1.37. The molecular weight excluding hydrogens is 240 g/mol. The van der Waals surface area contributed by atoms with Crippen LogP contribution in [0, 0.1) is 0 Å². The van der Waals surface area contributed by atoms with Gasteiger partial charge in [0.25, 0.3) is 0 Å². The van der Waals surface area contributed by atoms with Crippen molar-refractivity contribution in [2.75, 3.05) is 25.6 Å². The van der Waals surface area contributed by atoms with Gasteiger partial charge in [-0.05, 0) is 13.0 Å². The van der Waals surface area contributed by atoms with Gasteiger partial charge in [0.15, 0.2) is 0 Å². The first-order valence-electron chi connectivity index (χ1n) is 5.38. The molecule has 17 heavy (non-hydrogen) atoms. The second-order valence-corrected chi connectivity index (χ2v) is 4.86. The molecule has 0 aliphatic carbocycles. The Kier molecular flexibility index (Phi) is 3.86. The lowest BCUT2D eigenvalue weighted by Gasteiger charge is -2.25. The molecule has 2 N–H and O–H groups in total.